The van der Waals surface area contributed by atoms with Gasteiger partial charge in [-0.2, -0.15) is 5.10 Å². The zero-order valence-corrected chi connectivity index (χ0v) is 16.9. The van der Waals surface area contributed by atoms with Crippen molar-refractivity contribution in [2.24, 2.45) is 7.05 Å². The van der Waals surface area contributed by atoms with E-state index < -0.39 is 5.72 Å². The summed E-state index contributed by atoms with van der Waals surface area (Å²) in [6.45, 7) is 0. The molecular formula is C21H24N6O2. The number of nitrogens with one attached hydrogen (secondary N) is 2. The summed E-state index contributed by atoms with van der Waals surface area (Å²) in [5, 5.41) is 8.57. The van der Waals surface area contributed by atoms with Crippen LogP contribution in [0.5, 0.6) is 0 Å². The Hall–Kier alpha value is -3.39. The molecule has 0 radical (unpaired) electrons. The number of ether oxygens (including phenoxy) is 1. The van der Waals surface area contributed by atoms with Gasteiger partial charge in [0.1, 0.15) is 5.82 Å². The number of H-pyrrole nitrogens is 1. The normalized spacial score (nSPS) is 18.7. The van der Waals surface area contributed by atoms with Crippen molar-refractivity contribution in [2.45, 2.75) is 12.1 Å². The Morgan fingerprint density at radius 2 is 2.17 bits per heavy atom. The number of anilines is 1. The number of pyridine rings is 1. The highest BCUT2D eigenvalue weighted by Gasteiger charge is 2.33. The highest BCUT2D eigenvalue weighted by molar-refractivity contribution is 5.94. The van der Waals surface area contributed by atoms with E-state index in [1.807, 2.05) is 56.0 Å². The number of carbonyl (C=O) groups is 1. The van der Waals surface area contributed by atoms with E-state index in [1.54, 1.807) is 30.8 Å². The smallest absolute Gasteiger partial charge is 0.249 e. The largest absolute Gasteiger partial charge is 0.355 e. The van der Waals surface area contributed by atoms with Crippen molar-refractivity contribution in [3.8, 4) is 11.3 Å². The first-order valence-electron chi connectivity index (χ1n) is 9.30. The molecular weight excluding hydrogens is 368 g/mol. The van der Waals surface area contributed by atoms with Gasteiger partial charge in [-0.25, -0.2) is 4.98 Å². The summed E-state index contributed by atoms with van der Waals surface area (Å²) >= 11 is 0. The van der Waals surface area contributed by atoms with E-state index >= 15 is 0 Å². The van der Waals surface area contributed by atoms with Crippen LogP contribution in [0.1, 0.15) is 6.42 Å². The fourth-order valence-electron chi connectivity index (χ4n) is 3.46. The molecule has 3 aromatic rings. The second kappa shape index (κ2) is 7.21. The molecule has 0 saturated carbocycles. The van der Waals surface area contributed by atoms with Gasteiger partial charge in [-0.1, -0.05) is 12.2 Å². The van der Waals surface area contributed by atoms with Crippen LogP contribution in [-0.2, 0) is 16.6 Å². The lowest BCUT2D eigenvalue weighted by Gasteiger charge is -2.33. The number of fused-ring (bicyclic) bond motifs is 1. The molecule has 0 saturated heterocycles. The first kappa shape index (κ1) is 18.9. The first-order valence-corrected chi connectivity index (χ1v) is 9.30. The number of aromatic nitrogens is 4. The molecule has 0 aliphatic heterocycles. The fraction of sp³-hybridized carbons (Fsp3) is 0.286. The molecule has 1 unspecified atom stereocenters. The summed E-state index contributed by atoms with van der Waals surface area (Å²) < 4.78 is 7.53. The molecule has 1 amide bonds. The van der Waals surface area contributed by atoms with Gasteiger partial charge < -0.3 is 19.9 Å². The van der Waals surface area contributed by atoms with Crippen LogP contribution in [0.4, 0.5) is 5.82 Å². The van der Waals surface area contributed by atoms with Crippen molar-refractivity contribution < 1.29 is 9.53 Å². The Labute approximate surface area is 168 Å². The van der Waals surface area contributed by atoms with Crippen molar-refractivity contribution >= 4 is 22.6 Å². The van der Waals surface area contributed by atoms with E-state index in [0.29, 0.717) is 17.8 Å². The molecule has 0 spiro atoms. The molecule has 8 nitrogen and oxygen atoms in total. The number of likely N-dealkylation sites (N-methyl/N-ethyl adjacent to an activating group) is 1. The number of carbonyl (C=O) groups excluding carboxylic acids is 1. The lowest BCUT2D eigenvalue weighted by Crippen LogP contribution is -2.42. The summed E-state index contributed by atoms with van der Waals surface area (Å²) in [4.78, 5) is 21.9. The third-order valence-electron chi connectivity index (χ3n) is 5.02. The standard InChI is InChI=1S/C21H24N6O2/c1-26(2)20(28)14-6-5-7-21(10-14,29-4)25-19-9-18-15(11-22-19)8-17(24-18)16-12-23-27(3)13-16/h5-9,11-13,24H,10H2,1-4H3,(H,22,25). The van der Waals surface area contributed by atoms with Gasteiger partial charge in [0.25, 0.3) is 0 Å². The predicted octanol–water partition coefficient (Wildman–Crippen LogP) is 2.69. The number of allylic oxidation sites excluding steroid dienone is 2. The zero-order valence-electron chi connectivity index (χ0n) is 16.9. The lowest BCUT2D eigenvalue weighted by atomic mass is 9.95. The molecule has 2 N–H and O–H groups in total. The molecule has 4 rings (SSSR count). The van der Waals surface area contributed by atoms with Crippen molar-refractivity contribution in [1.29, 1.82) is 0 Å². The van der Waals surface area contributed by atoms with Crippen molar-refractivity contribution in [2.75, 3.05) is 26.5 Å². The summed E-state index contributed by atoms with van der Waals surface area (Å²) in [6, 6.07) is 3.99. The Morgan fingerprint density at radius 3 is 2.86 bits per heavy atom. The summed E-state index contributed by atoms with van der Waals surface area (Å²) in [5.74, 6) is 0.619. The molecule has 29 heavy (non-hydrogen) atoms. The zero-order chi connectivity index (χ0) is 20.6. The number of rotatable bonds is 5. The number of nitrogens with zero attached hydrogens (tertiary/aromatic N) is 4. The second-order valence-corrected chi connectivity index (χ2v) is 7.39. The Bertz CT molecular complexity index is 1120. The van der Waals surface area contributed by atoms with E-state index in [-0.39, 0.29) is 5.91 Å². The molecule has 1 atom stereocenters. The molecule has 8 heteroatoms. The minimum Gasteiger partial charge on any atom is -0.355 e. The van der Waals surface area contributed by atoms with Crippen LogP contribution >= 0.6 is 0 Å². The van der Waals surface area contributed by atoms with Crippen LogP contribution in [0, 0.1) is 0 Å². The molecule has 0 bridgehead atoms. The summed E-state index contributed by atoms with van der Waals surface area (Å²) in [5.41, 5.74) is 2.78. The predicted molar refractivity (Wildman–Crippen MR) is 112 cm³/mol. The average molecular weight is 392 g/mol. The Balaban J connectivity index is 1.60. The number of aryl methyl sites for hydroxylation is 1. The summed E-state index contributed by atoms with van der Waals surface area (Å²) in [6.07, 6.45) is 11.6. The van der Waals surface area contributed by atoms with Crippen LogP contribution in [0.15, 0.2) is 54.5 Å². The fourth-order valence-corrected chi connectivity index (χ4v) is 3.46. The maximum Gasteiger partial charge on any atom is 0.249 e. The van der Waals surface area contributed by atoms with Gasteiger partial charge in [0.2, 0.25) is 5.91 Å². The van der Waals surface area contributed by atoms with Gasteiger partial charge >= 0.3 is 0 Å². The van der Waals surface area contributed by atoms with E-state index in [4.69, 9.17) is 4.74 Å². The van der Waals surface area contributed by atoms with Crippen molar-refractivity contribution in [1.82, 2.24) is 24.6 Å². The maximum atomic E-state index is 12.4. The van der Waals surface area contributed by atoms with Gasteiger partial charge in [0, 0.05) is 75.4 Å². The van der Waals surface area contributed by atoms with Gasteiger partial charge in [-0.15, -0.1) is 0 Å². The Morgan fingerprint density at radius 1 is 1.34 bits per heavy atom. The highest BCUT2D eigenvalue weighted by atomic mass is 16.5. The van der Waals surface area contributed by atoms with Gasteiger partial charge in [-0.3, -0.25) is 9.48 Å². The minimum absolute atomic E-state index is 0.0357. The van der Waals surface area contributed by atoms with Gasteiger partial charge in [0.05, 0.1) is 11.7 Å². The van der Waals surface area contributed by atoms with Crippen LogP contribution in [0.2, 0.25) is 0 Å². The second-order valence-electron chi connectivity index (χ2n) is 7.39. The van der Waals surface area contributed by atoms with Crippen LogP contribution in [-0.4, -0.2) is 57.5 Å². The molecule has 0 fully saturated rings. The van der Waals surface area contributed by atoms with E-state index in [9.17, 15) is 4.79 Å². The number of hydrogen-bond donors (Lipinski definition) is 2. The third-order valence-corrected chi connectivity index (χ3v) is 5.02. The van der Waals surface area contributed by atoms with Gasteiger partial charge in [0.15, 0.2) is 5.72 Å². The van der Waals surface area contributed by atoms with Crippen LogP contribution in [0.3, 0.4) is 0 Å². The average Bonchev–Trinajstić information content (AvgIpc) is 3.33. The highest BCUT2D eigenvalue weighted by Crippen LogP contribution is 2.30. The number of methoxy groups -OCH3 is 1. The number of amides is 1. The molecule has 0 aromatic carbocycles. The molecule has 3 aromatic heterocycles. The van der Waals surface area contributed by atoms with Crippen LogP contribution in [0.25, 0.3) is 22.2 Å². The SMILES string of the molecule is COC1(Nc2cc3[nH]c(-c4cnn(C)c4)cc3cn2)C=CC=C(C(=O)N(C)C)C1. The quantitative estimate of drug-likeness (QED) is 0.652. The topological polar surface area (TPSA) is 88.1 Å². The van der Waals surface area contributed by atoms with Crippen molar-refractivity contribution in [3.63, 3.8) is 0 Å². The minimum atomic E-state index is -0.838. The van der Waals surface area contributed by atoms with Crippen LogP contribution < -0.4 is 5.32 Å². The molecule has 1 aliphatic carbocycles. The Kier molecular flexibility index (Phi) is 4.71. The first-order chi connectivity index (χ1) is 13.9. The molecule has 3 heterocycles. The number of aromatic amines is 1. The lowest BCUT2D eigenvalue weighted by molar-refractivity contribution is -0.125. The molecule has 1 aliphatic rings. The summed E-state index contributed by atoms with van der Waals surface area (Å²) in [7, 11) is 6.99. The molecule has 150 valence electrons. The van der Waals surface area contributed by atoms with Crippen molar-refractivity contribution in [3.05, 3.63) is 54.5 Å². The third kappa shape index (κ3) is 3.66. The van der Waals surface area contributed by atoms with E-state index in [2.05, 4.69) is 20.4 Å². The maximum absolute atomic E-state index is 12.4. The number of hydrogen-bond acceptors (Lipinski definition) is 5. The van der Waals surface area contributed by atoms with Gasteiger partial charge in [-0.05, 0) is 12.1 Å². The van der Waals surface area contributed by atoms with E-state index in [1.165, 1.54) is 0 Å². The van der Waals surface area contributed by atoms with E-state index in [0.717, 1.165) is 22.2 Å². The monoisotopic (exact) mass is 392 g/mol.